The van der Waals surface area contributed by atoms with Gasteiger partial charge < -0.3 is 10.6 Å². The van der Waals surface area contributed by atoms with E-state index in [0.29, 0.717) is 45.8 Å². The molecule has 3 N–H and O–H groups in total. The third-order valence-corrected chi connectivity index (χ3v) is 6.64. The van der Waals surface area contributed by atoms with Crippen LogP contribution in [0.15, 0.2) is 47.4 Å². The van der Waals surface area contributed by atoms with Crippen LogP contribution in [0, 0.1) is 0 Å². The van der Waals surface area contributed by atoms with E-state index in [-0.39, 0.29) is 17.3 Å². The van der Waals surface area contributed by atoms with Crippen LogP contribution < -0.4 is 11.1 Å². The van der Waals surface area contributed by atoms with Gasteiger partial charge in [0.2, 0.25) is 15.7 Å². The summed E-state index contributed by atoms with van der Waals surface area (Å²) in [5.41, 5.74) is 5.41. The van der Waals surface area contributed by atoms with E-state index in [2.05, 4.69) is 5.32 Å². The lowest BCUT2D eigenvalue weighted by Gasteiger charge is -2.34. The molecule has 2 aromatic rings. The summed E-state index contributed by atoms with van der Waals surface area (Å²) in [4.78, 5) is 28.0. The van der Waals surface area contributed by atoms with E-state index in [4.69, 9.17) is 5.73 Å². The summed E-state index contributed by atoms with van der Waals surface area (Å²) >= 11 is 0. The Kier molecular flexibility index (Phi) is 6.96. The molecule has 0 radical (unpaired) electrons. The van der Waals surface area contributed by atoms with Crippen molar-refractivity contribution in [2.24, 2.45) is 5.73 Å². The first-order valence-electron chi connectivity index (χ1n) is 9.59. The smallest absolute Gasteiger partial charge is 0.264 e. The molecule has 1 aliphatic rings. The van der Waals surface area contributed by atoms with Crippen molar-refractivity contribution in [1.29, 1.82) is 0 Å². The number of sulfone groups is 1. The number of carbonyl (C=O) groups is 2. The van der Waals surface area contributed by atoms with Crippen molar-refractivity contribution >= 4 is 31.6 Å². The topological polar surface area (TPSA) is 113 Å². The van der Waals surface area contributed by atoms with E-state index in [0.717, 1.165) is 10.8 Å². The van der Waals surface area contributed by atoms with Crippen LogP contribution in [0.5, 0.6) is 0 Å². The maximum Gasteiger partial charge on any atom is 0.264 e. The fourth-order valence-electron chi connectivity index (χ4n) is 3.31. The standard InChI is InChI=1S/C20H26N4O4S/c21-8-7-19(25)24-11-9-23(10-12-24)15-22-14-20(26)29(27,28)18-6-5-16-3-1-2-4-17(16)13-18/h1-6,13,22H,7-12,14-15,21H2. The zero-order valence-electron chi connectivity index (χ0n) is 16.2. The first kappa shape index (κ1) is 21.4. The van der Waals surface area contributed by atoms with Gasteiger partial charge in [-0.05, 0) is 22.9 Å². The second-order valence-corrected chi connectivity index (χ2v) is 8.94. The van der Waals surface area contributed by atoms with E-state index in [1.165, 1.54) is 12.1 Å². The molecule has 0 unspecified atom stereocenters. The molecule has 1 amide bonds. The summed E-state index contributed by atoms with van der Waals surface area (Å²) in [7, 11) is -4.04. The van der Waals surface area contributed by atoms with Crippen LogP contribution in [0.4, 0.5) is 0 Å². The van der Waals surface area contributed by atoms with Gasteiger partial charge in [0, 0.05) is 45.8 Å². The number of nitrogens with zero attached hydrogens (tertiary/aromatic N) is 2. The molecule has 1 aliphatic heterocycles. The molecular weight excluding hydrogens is 392 g/mol. The van der Waals surface area contributed by atoms with E-state index in [1.807, 2.05) is 29.2 Å². The molecule has 1 heterocycles. The van der Waals surface area contributed by atoms with E-state index in [9.17, 15) is 18.0 Å². The van der Waals surface area contributed by atoms with Crippen LogP contribution in [0.3, 0.4) is 0 Å². The fourth-order valence-corrected chi connectivity index (χ4v) is 4.40. The molecule has 0 aliphatic carbocycles. The first-order valence-corrected chi connectivity index (χ1v) is 11.1. The predicted octanol–water partition coefficient (Wildman–Crippen LogP) is 0.180. The fraction of sp³-hybridized carbons (Fsp3) is 0.400. The molecule has 0 atom stereocenters. The highest BCUT2D eigenvalue weighted by Crippen LogP contribution is 2.20. The number of nitrogens with two attached hydrogens (primary N) is 1. The maximum atomic E-state index is 12.6. The molecule has 1 fully saturated rings. The van der Waals surface area contributed by atoms with Gasteiger partial charge in [-0.1, -0.05) is 30.3 Å². The minimum absolute atomic E-state index is 0.00929. The summed E-state index contributed by atoms with van der Waals surface area (Å²) in [5.74, 6) is 0.0526. The lowest BCUT2D eigenvalue weighted by atomic mass is 10.1. The predicted molar refractivity (Wildman–Crippen MR) is 111 cm³/mol. The molecule has 0 bridgehead atoms. The molecule has 29 heavy (non-hydrogen) atoms. The van der Waals surface area contributed by atoms with Gasteiger partial charge in [0.15, 0.2) is 0 Å². The van der Waals surface area contributed by atoms with Gasteiger partial charge in [0.05, 0.1) is 11.4 Å². The van der Waals surface area contributed by atoms with Gasteiger partial charge in [-0.25, -0.2) is 8.42 Å². The third-order valence-electron chi connectivity index (χ3n) is 5.02. The molecule has 8 nitrogen and oxygen atoms in total. The molecular formula is C20H26N4O4S. The van der Waals surface area contributed by atoms with Crippen LogP contribution in [-0.4, -0.2) is 75.2 Å². The Morgan fingerprint density at radius 3 is 2.38 bits per heavy atom. The number of rotatable bonds is 7. The number of carbonyl (C=O) groups excluding carboxylic acids is 2. The molecule has 1 saturated heterocycles. The lowest BCUT2D eigenvalue weighted by Crippen LogP contribution is -2.51. The largest absolute Gasteiger partial charge is 0.340 e. The number of hydrogen-bond acceptors (Lipinski definition) is 7. The summed E-state index contributed by atoms with van der Waals surface area (Å²) in [6.07, 6.45) is 0.347. The molecule has 3 rings (SSSR count). The Bertz CT molecular complexity index is 985. The second-order valence-electron chi connectivity index (χ2n) is 7.01. The van der Waals surface area contributed by atoms with Crippen molar-refractivity contribution in [1.82, 2.24) is 15.1 Å². The van der Waals surface area contributed by atoms with E-state index in [1.54, 1.807) is 11.0 Å². The van der Waals surface area contributed by atoms with Crippen molar-refractivity contribution < 1.29 is 18.0 Å². The van der Waals surface area contributed by atoms with Crippen LogP contribution in [-0.2, 0) is 19.4 Å². The van der Waals surface area contributed by atoms with Crippen LogP contribution in [0.2, 0.25) is 0 Å². The number of nitrogens with one attached hydrogen (secondary N) is 1. The van der Waals surface area contributed by atoms with Crippen LogP contribution >= 0.6 is 0 Å². The van der Waals surface area contributed by atoms with Crippen molar-refractivity contribution in [3.05, 3.63) is 42.5 Å². The molecule has 0 saturated carbocycles. The zero-order valence-corrected chi connectivity index (χ0v) is 17.0. The maximum absolute atomic E-state index is 12.6. The number of piperazine rings is 1. The highest BCUT2D eigenvalue weighted by atomic mass is 32.2. The number of hydrogen-bond donors (Lipinski definition) is 2. The molecule has 0 aromatic heterocycles. The molecule has 2 aromatic carbocycles. The van der Waals surface area contributed by atoms with Gasteiger partial charge >= 0.3 is 0 Å². The van der Waals surface area contributed by atoms with E-state index < -0.39 is 15.0 Å². The monoisotopic (exact) mass is 418 g/mol. The molecule has 156 valence electrons. The minimum Gasteiger partial charge on any atom is -0.340 e. The summed E-state index contributed by atoms with van der Waals surface area (Å²) in [5, 5.41) is 3.75. The van der Waals surface area contributed by atoms with Crippen molar-refractivity contribution in [2.75, 3.05) is 45.9 Å². The van der Waals surface area contributed by atoms with Crippen molar-refractivity contribution in [3.8, 4) is 0 Å². The first-order chi connectivity index (χ1) is 13.9. The summed E-state index contributed by atoms with van der Waals surface area (Å²) in [6.45, 7) is 2.99. The highest BCUT2D eigenvalue weighted by molar-refractivity contribution is 8.06. The van der Waals surface area contributed by atoms with Gasteiger partial charge in [-0.3, -0.25) is 19.8 Å². The quantitative estimate of drug-likeness (QED) is 0.659. The normalized spacial score (nSPS) is 15.6. The third kappa shape index (κ3) is 5.18. The zero-order chi connectivity index (χ0) is 20.9. The van der Waals surface area contributed by atoms with Gasteiger partial charge in [0.1, 0.15) is 0 Å². The second kappa shape index (κ2) is 9.45. The Labute approximate surface area is 170 Å². The molecule has 0 spiro atoms. The average Bonchev–Trinajstić information content (AvgIpc) is 2.74. The Morgan fingerprint density at radius 1 is 1.00 bits per heavy atom. The van der Waals surface area contributed by atoms with Crippen molar-refractivity contribution in [2.45, 2.75) is 11.3 Å². The minimum atomic E-state index is -4.04. The summed E-state index contributed by atoms with van der Waals surface area (Å²) in [6, 6.07) is 12.1. The van der Waals surface area contributed by atoms with E-state index >= 15 is 0 Å². The van der Waals surface area contributed by atoms with Gasteiger partial charge in [0.25, 0.3) is 5.12 Å². The number of amides is 1. The summed E-state index contributed by atoms with van der Waals surface area (Å²) < 4.78 is 25.2. The highest BCUT2D eigenvalue weighted by Gasteiger charge is 2.25. The lowest BCUT2D eigenvalue weighted by molar-refractivity contribution is -0.132. The number of fused-ring (bicyclic) bond motifs is 1. The van der Waals surface area contributed by atoms with Crippen LogP contribution in [0.25, 0.3) is 10.8 Å². The van der Waals surface area contributed by atoms with Gasteiger partial charge in [-0.15, -0.1) is 0 Å². The Hall–Kier alpha value is -2.33. The molecule has 9 heteroatoms. The Balaban J connectivity index is 1.50. The van der Waals surface area contributed by atoms with Crippen LogP contribution in [0.1, 0.15) is 6.42 Å². The average molecular weight is 419 g/mol. The van der Waals surface area contributed by atoms with Crippen molar-refractivity contribution in [3.63, 3.8) is 0 Å². The SMILES string of the molecule is NCCC(=O)N1CCN(CNCC(=O)S(=O)(=O)c2ccc3ccccc3c2)CC1. The Morgan fingerprint density at radius 2 is 1.69 bits per heavy atom. The number of benzene rings is 2. The van der Waals surface area contributed by atoms with Gasteiger partial charge in [-0.2, -0.15) is 0 Å².